The first-order valence-corrected chi connectivity index (χ1v) is 10.7. The number of carbonyl (C=O) groups excluding carboxylic acids is 2. The van der Waals surface area contributed by atoms with Crippen molar-refractivity contribution in [1.82, 2.24) is 4.90 Å². The number of primary amides is 1. The topological polar surface area (TPSA) is 110 Å². The number of nitrogens with zero attached hydrogens (tertiary/aromatic N) is 1. The monoisotopic (exact) mass is 416 g/mol. The first-order chi connectivity index (χ1) is 14.1. The summed E-state index contributed by atoms with van der Waals surface area (Å²) in [4.78, 5) is 38.9. The summed E-state index contributed by atoms with van der Waals surface area (Å²) in [5, 5.41) is 9.73. The Morgan fingerprint density at radius 1 is 1.10 bits per heavy atom. The molecule has 164 valence electrons. The number of likely N-dealkylation sites (tertiary alicyclic amines) is 1. The summed E-state index contributed by atoms with van der Waals surface area (Å²) in [6, 6.07) is 6.05. The molecule has 2 aliphatic rings. The van der Waals surface area contributed by atoms with Gasteiger partial charge in [0.05, 0.1) is 5.56 Å². The molecule has 3 atom stereocenters. The maximum Gasteiger partial charge on any atom is 0.411 e. The predicted octanol–water partition coefficient (Wildman–Crippen LogP) is 3.77. The summed E-state index contributed by atoms with van der Waals surface area (Å²) >= 11 is 0. The molecule has 2 amide bonds. The van der Waals surface area contributed by atoms with Crippen LogP contribution in [-0.2, 0) is 9.53 Å². The number of carboxylic acid groups (broad SMARTS) is 1. The third-order valence-electron chi connectivity index (χ3n) is 6.26. The van der Waals surface area contributed by atoms with Gasteiger partial charge in [-0.3, -0.25) is 9.69 Å². The van der Waals surface area contributed by atoms with Crippen molar-refractivity contribution in [1.29, 1.82) is 0 Å². The summed E-state index contributed by atoms with van der Waals surface area (Å²) in [6.07, 6.45) is 4.59. The van der Waals surface area contributed by atoms with Gasteiger partial charge in [0, 0.05) is 12.5 Å². The van der Waals surface area contributed by atoms with Crippen LogP contribution in [0.1, 0.15) is 74.7 Å². The van der Waals surface area contributed by atoms with Crippen LogP contribution in [0.3, 0.4) is 0 Å². The Morgan fingerprint density at radius 3 is 2.30 bits per heavy atom. The number of amides is 2. The quantitative estimate of drug-likeness (QED) is 0.776. The van der Waals surface area contributed by atoms with E-state index in [4.69, 9.17) is 10.5 Å². The Labute approximate surface area is 177 Å². The second kappa shape index (κ2) is 8.66. The van der Waals surface area contributed by atoms with Gasteiger partial charge in [0.15, 0.2) is 0 Å². The highest BCUT2D eigenvalue weighted by Crippen LogP contribution is 2.47. The summed E-state index contributed by atoms with van der Waals surface area (Å²) < 4.78 is 5.56. The highest BCUT2D eigenvalue weighted by atomic mass is 16.6. The summed E-state index contributed by atoms with van der Waals surface area (Å²) in [5.74, 6) is -1.89. The molecule has 0 bridgehead atoms. The van der Waals surface area contributed by atoms with Gasteiger partial charge >= 0.3 is 12.1 Å². The van der Waals surface area contributed by atoms with E-state index in [1.165, 1.54) is 4.90 Å². The van der Waals surface area contributed by atoms with Gasteiger partial charge in [-0.15, -0.1) is 0 Å². The molecule has 3 rings (SSSR count). The van der Waals surface area contributed by atoms with Gasteiger partial charge in [0.25, 0.3) is 0 Å². The molecule has 1 aromatic carbocycles. The van der Waals surface area contributed by atoms with E-state index in [0.717, 1.165) is 32.1 Å². The lowest BCUT2D eigenvalue weighted by atomic mass is 9.70. The van der Waals surface area contributed by atoms with Gasteiger partial charge in [0.2, 0.25) is 5.91 Å². The van der Waals surface area contributed by atoms with Crippen molar-refractivity contribution in [2.24, 2.45) is 17.6 Å². The SMILES string of the molecule is CC(C)(C)OC(=O)N1CC(c2ccccc2C(=O)O)[C@@H](C2CCCCC2)[C@H]1C(N)=O. The van der Waals surface area contributed by atoms with Gasteiger partial charge in [-0.25, -0.2) is 9.59 Å². The van der Waals surface area contributed by atoms with E-state index in [1.54, 1.807) is 45.0 Å². The van der Waals surface area contributed by atoms with Gasteiger partial charge in [-0.1, -0.05) is 50.3 Å². The fraction of sp³-hybridized carbons (Fsp3) is 0.609. The van der Waals surface area contributed by atoms with Crippen LogP contribution in [0.2, 0.25) is 0 Å². The molecule has 2 fully saturated rings. The number of carboxylic acids is 1. The Balaban J connectivity index is 2.06. The van der Waals surface area contributed by atoms with Crippen molar-refractivity contribution < 1.29 is 24.2 Å². The Morgan fingerprint density at radius 2 is 1.73 bits per heavy atom. The van der Waals surface area contributed by atoms with Crippen LogP contribution in [0.4, 0.5) is 4.79 Å². The molecular formula is C23H32N2O5. The minimum absolute atomic E-state index is 0.204. The van der Waals surface area contributed by atoms with Crippen molar-refractivity contribution in [2.45, 2.75) is 70.4 Å². The van der Waals surface area contributed by atoms with E-state index in [9.17, 15) is 19.5 Å². The van der Waals surface area contributed by atoms with Crippen molar-refractivity contribution in [3.63, 3.8) is 0 Å². The largest absolute Gasteiger partial charge is 0.478 e. The van der Waals surface area contributed by atoms with E-state index >= 15 is 0 Å². The molecule has 1 unspecified atom stereocenters. The number of ether oxygens (including phenoxy) is 1. The molecule has 1 heterocycles. The van der Waals surface area contributed by atoms with Crippen molar-refractivity contribution >= 4 is 18.0 Å². The van der Waals surface area contributed by atoms with Crippen LogP contribution in [0.15, 0.2) is 24.3 Å². The van der Waals surface area contributed by atoms with Crippen LogP contribution >= 0.6 is 0 Å². The Bertz CT molecular complexity index is 810. The van der Waals surface area contributed by atoms with E-state index in [1.807, 2.05) is 0 Å². The van der Waals surface area contributed by atoms with Crippen LogP contribution in [0, 0.1) is 11.8 Å². The fourth-order valence-corrected chi connectivity index (χ4v) is 5.15. The predicted molar refractivity (Wildman–Crippen MR) is 112 cm³/mol. The van der Waals surface area contributed by atoms with Crippen molar-refractivity contribution in [3.8, 4) is 0 Å². The Hall–Kier alpha value is -2.57. The zero-order valence-electron chi connectivity index (χ0n) is 18.0. The summed E-state index contributed by atoms with van der Waals surface area (Å²) in [5.41, 5.74) is 5.97. The third kappa shape index (κ3) is 4.60. The van der Waals surface area contributed by atoms with Crippen LogP contribution < -0.4 is 5.73 Å². The fourth-order valence-electron chi connectivity index (χ4n) is 5.15. The maximum atomic E-state index is 13.0. The molecule has 1 aliphatic carbocycles. The molecule has 0 spiro atoms. The lowest BCUT2D eigenvalue weighted by Crippen LogP contribution is -2.49. The highest BCUT2D eigenvalue weighted by molar-refractivity contribution is 5.90. The highest BCUT2D eigenvalue weighted by Gasteiger charge is 2.52. The van der Waals surface area contributed by atoms with Gasteiger partial charge in [-0.2, -0.15) is 0 Å². The number of aromatic carboxylic acids is 1. The molecule has 1 aliphatic heterocycles. The smallest absolute Gasteiger partial charge is 0.411 e. The van der Waals surface area contributed by atoms with E-state index in [-0.39, 0.29) is 29.9 Å². The van der Waals surface area contributed by atoms with Crippen LogP contribution in [0.5, 0.6) is 0 Å². The maximum absolute atomic E-state index is 13.0. The molecule has 0 aromatic heterocycles. The second-order valence-corrected chi connectivity index (χ2v) is 9.45. The number of hydrogen-bond acceptors (Lipinski definition) is 4. The molecule has 1 aromatic rings. The first-order valence-electron chi connectivity index (χ1n) is 10.7. The van der Waals surface area contributed by atoms with Crippen molar-refractivity contribution in [2.75, 3.05) is 6.54 Å². The van der Waals surface area contributed by atoms with Gasteiger partial charge in [-0.05, 0) is 44.2 Å². The van der Waals surface area contributed by atoms with Crippen molar-refractivity contribution in [3.05, 3.63) is 35.4 Å². The van der Waals surface area contributed by atoms with E-state index in [2.05, 4.69) is 0 Å². The lowest BCUT2D eigenvalue weighted by Gasteiger charge is -2.35. The molecule has 1 saturated heterocycles. The van der Waals surface area contributed by atoms with E-state index < -0.39 is 29.6 Å². The zero-order chi connectivity index (χ0) is 22.1. The summed E-state index contributed by atoms with van der Waals surface area (Å²) in [7, 11) is 0. The minimum atomic E-state index is -1.01. The molecule has 7 heteroatoms. The number of hydrogen-bond donors (Lipinski definition) is 2. The third-order valence-corrected chi connectivity index (χ3v) is 6.26. The normalized spacial score (nSPS) is 25.2. The molecular weight excluding hydrogens is 384 g/mol. The number of carbonyl (C=O) groups is 3. The standard InChI is InChI=1S/C23H32N2O5/c1-23(2,3)30-22(29)25-13-17(15-11-7-8-12-16(15)21(27)28)18(19(25)20(24)26)14-9-5-4-6-10-14/h7-8,11-12,14,17-19H,4-6,9-10,13H2,1-3H3,(H2,24,26)(H,27,28)/t17?,18-,19+/m1/s1. The molecule has 7 nitrogen and oxygen atoms in total. The summed E-state index contributed by atoms with van der Waals surface area (Å²) in [6.45, 7) is 5.54. The second-order valence-electron chi connectivity index (χ2n) is 9.45. The lowest BCUT2D eigenvalue weighted by molar-refractivity contribution is -0.124. The minimum Gasteiger partial charge on any atom is -0.478 e. The average molecular weight is 417 g/mol. The molecule has 3 N–H and O–H groups in total. The molecule has 1 saturated carbocycles. The zero-order valence-corrected chi connectivity index (χ0v) is 18.0. The number of nitrogens with two attached hydrogens (primary N) is 1. The van der Waals surface area contributed by atoms with Gasteiger partial charge < -0.3 is 15.6 Å². The first kappa shape index (κ1) is 22.1. The van der Waals surface area contributed by atoms with Crippen LogP contribution in [0.25, 0.3) is 0 Å². The van der Waals surface area contributed by atoms with Gasteiger partial charge in [0.1, 0.15) is 11.6 Å². The Kier molecular flexibility index (Phi) is 6.38. The average Bonchev–Trinajstić information content (AvgIpc) is 3.08. The van der Waals surface area contributed by atoms with E-state index in [0.29, 0.717) is 5.56 Å². The number of benzene rings is 1. The van der Waals surface area contributed by atoms with Crippen LogP contribution in [-0.4, -0.2) is 46.2 Å². The molecule has 30 heavy (non-hydrogen) atoms. The number of rotatable bonds is 4. The molecule has 0 radical (unpaired) electrons.